The Labute approximate surface area is 872 Å². The zero-order valence-corrected chi connectivity index (χ0v) is 103. The number of hydrogen-bond acceptors (Lipinski definition) is 19. The molecule has 0 radical (unpaired) electrons. The van der Waals surface area contributed by atoms with Crippen LogP contribution in [0.1, 0.15) is 296 Å². The fourth-order valence-corrected chi connectivity index (χ4v) is 28.6. The molecule has 27 heteroatoms. The van der Waals surface area contributed by atoms with Crippen LogP contribution < -0.4 is 0 Å². The summed E-state index contributed by atoms with van der Waals surface area (Å²) in [6.07, 6.45) is 18.4. The minimum absolute atomic E-state index is 0.0234. The van der Waals surface area contributed by atoms with Crippen LogP contribution >= 0.6 is 45.2 Å². The number of rotatable bonds is 40. The lowest BCUT2D eigenvalue weighted by atomic mass is 9.85. The molecule has 0 aromatic heterocycles. The second-order valence-electron chi connectivity index (χ2n) is 51.6. The minimum Gasteiger partial charge on any atom is -0.455 e. The highest BCUT2D eigenvalue weighted by atomic mass is 127. The highest BCUT2D eigenvalue weighted by Gasteiger charge is 2.62. The van der Waals surface area contributed by atoms with Crippen molar-refractivity contribution < 1.29 is 88.3 Å². The summed E-state index contributed by atoms with van der Waals surface area (Å²) in [7, 11) is -13.0. The number of benzene rings is 2. The second kappa shape index (κ2) is 48.6. The molecule has 0 spiro atoms. The van der Waals surface area contributed by atoms with Gasteiger partial charge in [-0.1, -0.05) is 270 Å². The summed E-state index contributed by atoms with van der Waals surface area (Å²) in [5.41, 5.74) is 2.78. The van der Waals surface area contributed by atoms with Crippen LogP contribution in [0.3, 0.4) is 0 Å². The first kappa shape index (κ1) is 120. The van der Waals surface area contributed by atoms with Gasteiger partial charge in [0.15, 0.2) is 49.9 Å². The van der Waals surface area contributed by atoms with Crippen LogP contribution in [0.5, 0.6) is 0 Å². The summed E-state index contributed by atoms with van der Waals surface area (Å²) in [6, 6.07) is 18.6. The van der Waals surface area contributed by atoms with Crippen molar-refractivity contribution in [2.75, 3.05) is 22.6 Å². The van der Waals surface area contributed by atoms with Gasteiger partial charge in [0.2, 0.25) is 0 Å². The molecular weight excluding hydrogens is 2060 g/mol. The zero-order valence-electron chi connectivity index (χ0n) is 92.7. The number of methoxy groups -OCH3 is 1. The van der Waals surface area contributed by atoms with E-state index in [1.165, 1.54) is 11.1 Å². The van der Waals surface area contributed by atoms with E-state index in [1.54, 1.807) is 7.11 Å². The predicted molar refractivity (Wildman–Crippen MR) is 596 cm³/mol. The van der Waals surface area contributed by atoms with Crippen molar-refractivity contribution in [3.8, 4) is 0 Å². The maximum absolute atomic E-state index is 14.0. The maximum Gasteiger partial charge on any atom is 0.338 e. The van der Waals surface area contributed by atoms with Gasteiger partial charge in [0.1, 0.15) is 72.2 Å². The van der Waals surface area contributed by atoms with Crippen LogP contribution in [0.25, 0.3) is 0 Å². The third-order valence-electron chi connectivity index (χ3n) is 34.4. The fourth-order valence-electron chi connectivity index (χ4n) is 18.9. The highest BCUT2D eigenvalue weighted by Crippen LogP contribution is 2.54. The Morgan fingerprint density at radius 1 is 0.420 bits per heavy atom. The molecule has 0 aliphatic carbocycles. The molecule has 8 fully saturated rings. The number of fused-ring (bicyclic) bond motifs is 4. The first-order valence-corrected chi connectivity index (χ1v) is 73.3. The Bertz CT molecular complexity index is 3980. The molecule has 0 bridgehead atoms. The first-order valence-electron chi connectivity index (χ1n) is 52.8. The van der Waals surface area contributed by atoms with Crippen LogP contribution in [0.2, 0.25) is 109 Å². The van der Waals surface area contributed by atoms with Crippen LogP contribution in [0, 0.1) is 11.8 Å². The molecule has 2 unspecified atom stereocenters. The summed E-state index contributed by atoms with van der Waals surface area (Å²) >= 11 is 4.99. The van der Waals surface area contributed by atoms with Gasteiger partial charge in [0.25, 0.3) is 0 Å². The zero-order chi connectivity index (χ0) is 103. The molecule has 8 heterocycles. The van der Waals surface area contributed by atoms with Crippen molar-refractivity contribution in [3.05, 3.63) is 120 Å². The SMILES string of the molecule is C=C(C)[C@H](C)C[C@H]1CC[C@@H]2O[C@@H](CCC(/C=C/[C@H](O[Si](C)(C)C(C)(C)C)[C@@H]3O[C@H]4CC[C@H](CCC)O[C@@H]4[C@H](O[Si](C)(C)C(C)(C)C)[C@@H]3O[Si](C)(C)C(C)(C)C)OC(=O)c3ccccc3)C[C@]2(CI)O1.C=C(C)[C@H](C)C[C@H]1CC[C@@H]2O[C@@H](CCC(/C=C/[C@H](O[Si](C)(C)C(C)(C)C)[C@@H]3O[C@H]4CC[C@H](COC)O[C@@H]4[C@H](O[Si](C)(C)C(C)(C)C)[C@@H]3O[Si](C)(C)C(C)(C)C)OC(=O)c3ccccc3)C[C@]2(CI)O1. The van der Waals surface area contributed by atoms with E-state index in [-0.39, 0.29) is 133 Å². The lowest BCUT2D eigenvalue weighted by Gasteiger charge is -2.56. The van der Waals surface area contributed by atoms with Crippen LogP contribution in [-0.2, 0) is 78.7 Å². The summed E-state index contributed by atoms with van der Waals surface area (Å²) in [4.78, 5) is 28.0. The largest absolute Gasteiger partial charge is 0.455 e. The Morgan fingerprint density at radius 3 is 1.05 bits per heavy atom. The van der Waals surface area contributed by atoms with Crippen molar-refractivity contribution in [2.45, 2.75) is 529 Å². The van der Waals surface area contributed by atoms with E-state index in [9.17, 15) is 9.59 Å². The van der Waals surface area contributed by atoms with Crippen LogP contribution in [-0.4, -0.2) is 230 Å². The quantitative estimate of drug-likeness (QED) is 0.0201. The Hall–Kier alpha value is -1.50. The number of hydrogen-bond donors (Lipinski definition) is 0. The molecule has 8 aliphatic heterocycles. The van der Waals surface area contributed by atoms with Gasteiger partial charge in [-0.15, -0.1) is 0 Å². The smallest absolute Gasteiger partial charge is 0.338 e. The molecule has 8 saturated heterocycles. The number of halogens is 2. The first-order chi connectivity index (χ1) is 63.7. The molecule has 2 aromatic rings. The van der Waals surface area contributed by atoms with Crippen molar-refractivity contribution in [1.82, 2.24) is 0 Å². The van der Waals surface area contributed by atoms with Gasteiger partial charge in [-0.3, -0.25) is 0 Å². The average Bonchev–Trinajstić information content (AvgIpc) is 1.08. The molecule has 0 N–H and O–H groups in total. The van der Waals surface area contributed by atoms with Gasteiger partial charge in [0.05, 0.1) is 91.0 Å². The maximum atomic E-state index is 14.0. The van der Waals surface area contributed by atoms with Crippen molar-refractivity contribution in [2.24, 2.45) is 11.8 Å². The van der Waals surface area contributed by atoms with E-state index >= 15 is 0 Å². The van der Waals surface area contributed by atoms with Crippen molar-refractivity contribution >= 4 is 107 Å². The predicted octanol–water partition coefficient (Wildman–Crippen LogP) is 28.7. The highest BCUT2D eigenvalue weighted by molar-refractivity contribution is 14.1. The van der Waals surface area contributed by atoms with E-state index in [4.69, 9.17) is 78.7 Å². The molecule has 2 aromatic carbocycles. The molecular formula is C111H192I2O19Si6. The normalized spacial score (nSPS) is 30.9. The summed E-state index contributed by atoms with van der Waals surface area (Å²) in [5, 5.41) is -0.511. The molecule has 0 saturated carbocycles. The number of esters is 2. The summed E-state index contributed by atoms with van der Waals surface area (Å²) < 4.78 is 123. The van der Waals surface area contributed by atoms with Gasteiger partial charge in [-0.2, -0.15) is 0 Å². The standard InChI is InChI=1S/C56H97IO9Si3.C55H95IO10Si3/c1-20-24-41-29-32-45-48(60-41)50(65-68(16,17)54(8,9)10)51(66-69(18,19)55(11,12)13)49(62-45)46(64-67(14,15)53(5,6)7)33-30-42(61-52(58)40-25-22-21-23-26-40)27-28-44-36-56(37-57)47(59-44)34-31-43(63-56)35-39(4)38(2)3;1-37(2)38(3)33-41-29-32-46-55(36-56,63-41)34-42(59-46)26-25-40(61-51(57)39-23-21-20-22-24-39)27-31-45(64-67(14,15)52(4,5)6)48-50(66-69(18,19)54(10,11)12)49(65-68(16,17)53(7,8)9)47-44(62-48)30-28-43(60-47)35-58-13/h21-23,25-26,30,33,39,41-51H,2,20,24,27-29,31-32,34-37H2,1,3-19H3;20-24,27,31,38,40-50H,1,25-26,28-30,32-36H2,2-19H3/b33-30+;31-27+/t39-,41+,42?,43-,44+,45+,46+,47+,48+,49+,50+,51-,56-;38-,40?,41-,42+,43-,44+,45+,46+,47+,48+,49+,50-,55-/m11/s1. The minimum atomic E-state index is -2.49. The molecule has 26 atom stereocenters. The average molecular weight is 2250 g/mol. The van der Waals surface area contributed by atoms with E-state index in [0.29, 0.717) is 48.8 Å². The molecule has 788 valence electrons. The van der Waals surface area contributed by atoms with Gasteiger partial charge in [-0.25, -0.2) is 9.59 Å². The lowest BCUT2D eigenvalue weighted by molar-refractivity contribution is -0.269. The van der Waals surface area contributed by atoms with Gasteiger partial charge >= 0.3 is 11.9 Å². The number of allylic oxidation sites excluding steroid dienone is 2. The number of alkyl halides is 2. The fraction of sp³-hybridized carbons (Fsp3) is 0.802. The van der Waals surface area contributed by atoms with E-state index < -0.39 is 105 Å². The molecule has 0 amide bonds. The second-order valence-corrected chi connectivity index (χ2v) is 81.7. The number of ether oxygens (including phenoxy) is 11. The monoisotopic (exact) mass is 2250 g/mol. The van der Waals surface area contributed by atoms with Crippen molar-refractivity contribution in [1.29, 1.82) is 0 Å². The van der Waals surface area contributed by atoms with Crippen LogP contribution in [0.4, 0.5) is 0 Å². The summed E-state index contributed by atoms with van der Waals surface area (Å²) in [6.45, 7) is 88.9. The van der Waals surface area contributed by atoms with E-state index in [0.717, 1.165) is 105 Å². The Kier molecular flexibility index (Phi) is 42.3. The van der Waals surface area contributed by atoms with E-state index in [2.05, 4.69) is 320 Å². The third-order valence-corrected chi connectivity index (χ3v) is 63.9. The lowest BCUT2D eigenvalue weighted by Crippen LogP contribution is -2.69. The molecule has 8 aliphatic rings. The third kappa shape index (κ3) is 30.9. The molecule has 138 heavy (non-hydrogen) atoms. The van der Waals surface area contributed by atoms with Gasteiger partial charge in [-0.05, 0) is 267 Å². The number of carbonyl (C=O) groups excluding carboxylic acids is 2. The van der Waals surface area contributed by atoms with Gasteiger partial charge < -0.3 is 78.7 Å². The Morgan fingerprint density at radius 2 is 0.739 bits per heavy atom. The van der Waals surface area contributed by atoms with Gasteiger partial charge in [0, 0.05) is 28.8 Å². The topological polar surface area (TPSA) is 191 Å². The van der Waals surface area contributed by atoms with E-state index in [1.807, 2.05) is 60.7 Å². The van der Waals surface area contributed by atoms with Crippen LogP contribution in [0.15, 0.2) is 109 Å². The van der Waals surface area contributed by atoms with Crippen molar-refractivity contribution in [3.63, 3.8) is 0 Å². The summed E-state index contributed by atoms with van der Waals surface area (Å²) in [5.74, 6) is 0.0976. The number of carbonyl (C=O) groups is 2. The Balaban J connectivity index is 0.000000309. The molecule has 19 nitrogen and oxygen atoms in total. The molecule has 10 rings (SSSR count).